The molecule has 0 unspecified atom stereocenters. The third kappa shape index (κ3) is 8.45. The topological polar surface area (TPSA) is 114 Å². The van der Waals surface area contributed by atoms with Crippen LogP contribution in [0.1, 0.15) is 34.8 Å². The van der Waals surface area contributed by atoms with Gasteiger partial charge in [0.25, 0.3) is 5.91 Å². The molecule has 0 aliphatic heterocycles. The molecule has 3 amide bonds. The standard InChI is InChI=1S/C29H30ClN3O5/c1-3-26(34)31-23-15-9-20(10-16-23)17-24(32-27(35)21-11-13-22(30)14-12-21)28(36)33-25(29(37)38-2)18-19-7-5-4-6-8-19/h4-16,24-25H,3,17-18H2,1-2H3,(H,31,34)(H,32,35)(H,33,36)/t24-,25-/m0/s1. The van der Waals surface area contributed by atoms with Crippen LogP contribution < -0.4 is 16.0 Å². The average molecular weight is 536 g/mol. The number of amides is 3. The summed E-state index contributed by atoms with van der Waals surface area (Å²) in [5.41, 5.74) is 2.54. The molecular weight excluding hydrogens is 506 g/mol. The summed E-state index contributed by atoms with van der Waals surface area (Å²) in [4.78, 5) is 50.5. The Morgan fingerprint density at radius 3 is 2.00 bits per heavy atom. The van der Waals surface area contributed by atoms with Gasteiger partial charge in [-0.1, -0.05) is 61.0 Å². The monoisotopic (exact) mass is 535 g/mol. The van der Waals surface area contributed by atoms with Gasteiger partial charge in [-0.25, -0.2) is 4.79 Å². The van der Waals surface area contributed by atoms with E-state index < -0.39 is 29.9 Å². The molecule has 38 heavy (non-hydrogen) atoms. The highest BCUT2D eigenvalue weighted by Crippen LogP contribution is 2.14. The summed E-state index contributed by atoms with van der Waals surface area (Å²) in [7, 11) is 1.26. The number of nitrogens with one attached hydrogen (secondary N) is 3. The Hall–Kier alpha value is -4.17. The fourth-order valence-corrected chi connectivity index (χ4v) is 3.85. The summed E-state index contributed by atoms with van der Waals surface area (Å²) in [5, 5.41) is 8.76. The van der Waals surface area contributed by atoms with Gasteiger partial charge in [-0.2, -0.15) is 0 Å². The molecule has 0 saturated carbocycles. The molecule has 8 nitrogen and oxygen atoms in total. The Labute approximate surface area is 226 Å². The number of halogens is 1. The van der Waals surface area contributed by atoms with Crippen LogP contribution >= 0.6 is 11.6 Å². The molecule has 3 N–H and O–H groups in total. The van der Waals surface area contributed by atoms with Crippen LogP contribution in [0.25, 0.3) is 0 Å². The van der Waals surface area contributed by atoms with Crippen molar-refractivity contribution in [3.63, 3.8) is 0 Å². The van der Waals surface area contributed by atoms with E-state index in [9.17, 15) is 19.2 Å². The van der Waals surface area contributed by atoms with Gasteiger partial charge in [0, 0.05) is 35.5 Å². The molecule has 0 aromatic heterocycles. The first-order valence-electron chi connectivity index (χ1n) is 12.2. The van der Waals surface area contributed by atoms with Crippen LogP contribution in [0.3, 0.4) is 0 Å². The Morgan fingerprint density at radius 2 is 1.39 bits per heavy atom. The van der Waals surface area contributed by atoms with Crippen molar-refractivity contribution in [2.75, 3.05) is 12.4 Å². The van der Waals surface area contributed by atoms with Crippen molar-refractivity contribution in [3.8, 4) is 0 Å². The van der Waals surface area contributed by atoms with E-state index in [1.165, 1.54) is 7.11 Å². The molecular formula is C29H30ClN3O5. The minimum Gasteiger partial charge on any atom is -0.467 e. The zero-order valence-electron chi connectivity index (χ0n) is 21.2. The molecule has 3 aromatic carbocycles. The highest BCUT2D eigenvalue weighted by Gasteiger charge is 2.28. The van der Waals surface area contributed by atoms with Crippen LogP contribution in [0.15, 0.2) is 78.9 Å². The van der Waals surface area contributed by atoms with Gasteiger partial charge in [-0.05, 0) is 47.5 Å². The number of benzene rings is 3. The van der Waals surface area contributed by atoms with E-state index in [4.69, 9.17) is 16.3 Å². The lowest BCUT2D eigenvalue weighted by molar-refractivity contribution is -0.145. The van der Waals surface area contributed by atoms with E-state index >= 15 is 0 Å². The smallest absolute Gasteiger partial charge is 0.328 e. The molecule has 0 aliphatic carbocycles. The van der Waals surface area contributed by atoms with Crippen molar-refractivity contribution in [3.05, 3.63) is 101 Å². The van der Waals surface area contributed by atoms with E-state index in [1.54, 1.807) is 55.5 Å². The van der Waals surface area contributed by atoms with E-state index in [1.807, 2.05) is 30.3 Å². The van der Waals surface area contributed by atoms with Crippen LogP contribution in [-0.4, -0.2) is 42.9 Å². The highest BCUT2D eigenvalue weighted by molar-refractivity contribution is 6.30. The molecule has 9 heteroatoms. The van der Waals surface area contributed by atoms with Crippen molar-refractivity contribution in [2.24, 2.45) is 0 Å². The summed E-state index contributed by atoms with van der Waals surface area (Å²) < 4.78 is 4.91. The van der Waals surface area contributed by atoms with Gasteiger partial charge in [0.15, 0.2) is 0 Å². The first-order valence-corrected chi connectivity index (χ1v) is 12.5. The van der Waals surface area contributed by atoms with E-state index in [-0.39, 0.29) is 18.7 Å². The molecule has 0 aliphatic rings. The minimum absolute atomic E-state index is 0.113. The molecule has 198 valence electrons. The lowest BCUT2D eigenvalue weighted by Crippen LogP contribution is -2.53. The third-order valence-electron chi connectivity index (χ3n) is 5.81. The molecule has 0 spiro atoms. The number of anilines is 1. The van der Waals surface area contributed by atoms with Gasteiger partial charge in [-0.3, -0.25) is 14.4 Å². The van der Waals surface area contributed by atoms with Crippen LogP contribution in [0.2, 0.25) is 5.02 Å². The maximum absolute atomic E-state index is 13.4. The average Bonchev–Trinajstić information content (AvgIpc) is 2.93. The zero-order valence-corrected chi connectivity index (χ0v) is 22.0. The largest absolute Gasteiger partial charge is 0.467 e. The molecule has 0 saturated heterocycles. The lowest BCUT2D eigenvalue weighted by atomic mass is 10.0. The Balaban J connectivity index is 1.81. The highest BCUT2D eigenvalue weighted by atomic mass is 35.5. The minimum atomic E-state index is -1.00. The molecule has 0 fully saturated rings. The van der Waals surface area contributed by atoms with Crippen LogP contribution in [0.4, 0.5) is 5.69 Å². The van der Waals surface area contributed by atoms with Gasteiger partial charge >= 0.3 is 5.97 Å². The van der Waals surface area contributed by atoms with Crippen molar-refractivity contribution in [1.82, 2.24) is 10.6 Å². The summed E-state index contributed by atoms with van der Waals surface area (Å²) >= 11 is 5.93. The molecule has 3 rings (SSSR count). The van der Waals surface area contributed by atoms with Gasteiger partial charge in [-0.15, -0.1) is 0 Å². The Bertz CT molecular complexity index is 1250. The lowest BCUT2D eigenvalue weighted by Gasteiger charge is -2.23. The maximum Gasteiger partial charge on any atom is 0.328 e. The second kappa shape index (κ2) is 13.9. The summed E-state index contributed by atoms with van der Waals surface area (Å²) in [6.45, 7) is 1.76. The van der Waals surface area contributed by atoms with E-state index in [0.717, 1.165) is 11.1 Å². The number of carbonyl (C=O) groups excluding carboxylic acids is 4. The summed E-state index contributed by atoms with van der Waals surface area (Å²) in [6.07, 6.45) is 0.723. The van der Waals surface area contributed by atoms with E-state index in [0.29, 0.717) is 22.7 Å². The number of hydrogen-bond donors (Lipinski definition) is 3. The Kier molecular flexibility index (Phi) is 10.4. The van der Waals surface area contributed by atoms with Crippen molar-refractivity contribution >= 4 is 41.0 Å². The van der Waals surface area contributed by atoms with Crippen LogP contribution in [0.5, 0.6) is 0 Å². The zero-order chi connectivity index (χ0) is 27.5. The summed E-state index contributed by atoms with van der Waals surface area (Å²) in [6, 6.07) is 20.6. The maximum atomic E-state index is 13.4. The van der Waals surface area contributed by atoms with Crippen LogP contribution in [-0.2, 0) is 32.0 Å². The molecule has 2 atom stereocenters. The van der Waals surface area contributed by atoms with E-state index in [2.05, 4.69) is 16.0 Å². The Morgan fingerprint density at radius 1 is 0.789 bits per heavy atom. The van der Waals surface area contributed by atoms with Crippen molar-refractivity contribution in [2.45, 2.75) is 38.3 Å². The molecule has 0 bridgehead atoms. The predicted molar refractivity (Wildman–Crippen MR) is 146 cm³/mol. The molecule has 0 heterocycles. The SMILES string of the molecule is CCC(=O)Nc1ccc(C[C@H](NC(=O)c2ccc(Cl)cc2)C(=O)N[C@@H](Cc2ccccc2)C(=O)OC)cc1. The number of carbonyl (C=O) groups is 4. The first kappa shape index (κ1) is 28.4. The van der Waals surface area contributed by atoms with Gasteiger partial charge in [0.2, 0.25) is 11.8 Å². The van der Waals surface area contributed by atoms with Gasteiger partial charge < -0.3 is 20.7 Å². The third-order valence-corrected chi connectivity index (χ3v) is 6.06. The fraction of sp³-hybridized carbons (Fsp3) is 0.241. The van der Waals surface area contributed by atoms with Gasteiger partial charge in [0.05, 0.1) is 7.11 Å². The first-order chi connectivity index (χ1) is 18.3. The molecule has 0 radical (unpaired) electrons. The van der Waals surface area contributed by atoms with Crippen LogP contribution in [0, 0.1) is 0 Å². The fourth-order valence-electron chi connectivity index (χ4n) is 3.72. The summed E-state index contributed by atoms with van der Waals surface area (Å²) in [5.74, 6) is -1.72. The number of methoxy groups -OCH3 is 1. The quantitative estimate of drug-likeness (QED) is 0.322. The molecule has 3 aromatic rings. The van der Waals surface area contributed by atoms with Gasteiger partial charge in [0.1, 0.15) is 12.1 Å². The van der Waals surface area contributed by atoms with Crippen molar-refractivity contribution in [1.29, 1.82) is 0 Å². The van der Waals surface area contributed by atoms with Crippen molar-refractivity contribution < 1.29 is 23.9 Å². The second-order valence-corrected chi connectivity index (χ2v) is 9.05. The normalized spacial score (nSPS) is 12.1. The number of rotatable bonds is 11. The number of ether oxygens (including phenoxy) is 1. The second-order valence-electron chi connectivity index (χ2n) is 8.61. The predicted octanol–water partition coefficient (Wildman–Crippen LogP) is 3.93. The number of esters is 1. The number of hydrogen-bond acceptors (Lipinski definition) is 5.